The van der Waals surface area contributed by atoms with E-state index in [0.29, 0.717) is 24.6 Å². The van der Waals surface area contributed by atoms with Crippen LogP contribution in [0.4, 0.5) is 5.13 Å². The summed E-state index contributed by atoms with van der Waals surface area (Å²) in [4.78, 5) is 16.8. The molecule has 30 heavy (non-hydrogen) atoms. The van der Waals surface area contributed by atoms with Crippen LogP contribution in [0, 0.1) is 0 Å². The van der Waals surface area contributed by atoms with Crippen LogP contribution in [0.5, 0.6) is 11.5 Å². The molecule has 4 rings (SSSR count). The van der Waals surface area contributed by atoms with Crippen LogP contribution >= 0.6 is 11.3 Å². The third-order valence-corrected chi connectivity index (χ3v) is 6.03. The molecule has 1 heterocycles. The van der Waals surface area contributed by atoms with E-state index in [0.717, 1.165) is 29.2 Å². The van der Waals surface area contributed by atoms with Crippen molar-refractivity contribution in [3.63, 3.8) is 0 Å². The summed E-state index contributed by atoms with van der Waals surface area (Å²) in [5.74, 6) is 1.52. The fraction of sp³-hybridized carbons (Fsp3) is 0.333. The van der Waals surface area contributed by atoms with Crippen molar-refractivity contribution in [2.45, 2.75) is 38.5 Å². The van der Waals surface area contributed by atoms with Crippen molar-refractivity contribution in [2.24, 2.45) is 0 Å². The van der Waals surface area contributed by atoms with E-state index in [1.807, 2.05) is 29.6 Å². The summed E-state index contributed by atoms with van der Waals surface area (Å²) in [6.45, 7) is 0.484. The van der Waals surface area contributed by atoms with Gasteiger partial charge in [0.2, 0.25) is 5.91 Å². The molecule has 1 aliphatic carbocycles. The average molecular weight is 423 g/mol. The van der Waals surface area contributed by atoms with Gasteiger partial charge in [-0.1, -0.05) is 12.1 Å². The van der Waals surface area contributed by atoms with Crippen molar-refractivity contribution >= 4 is 22.4 Å². The molecule has 0 unspecified atom stereocenters. The molecular formula is C24H26N2O3S. The molecule has 0 fully saturated rings. The molecule has 3 aromatic rings. The number of methoxy groups -OCH3 is 1. The molecule has 1 aromatic heterocycles. The van der Waals surface area contributed by atoms with Crippen molar-refractivity contribution in [1.29, 1.82) is 0 Å². The largest absolute Gasteiger partial charge is 0.497 e. The van der Waals surface area contributed by atoms with Gasteiger partial charge in [0.25, 0.3) is 0 Å². The molecule has 6 heteroatoms. The smallest absolute Gasteiger partial charge is 0.226 e. The van der Waals surface area contributed by atoms with Crippen molar-refractivity contribution < 1.29 is 14.3 Å². The van der Waals surface area contributed by atoms with Gasteiger partial charge in [-0.05, 0) is 73.6 Å². The van der Waals surface area contributed by atoms with E-state index in [1.54, 1.807) is 7.11 Å². The molecule has 0 atom stereocenters. The molecule has 0 aliphatic heterocycles. The Balaban J connectivity index is 1.24. The number of nitrogens with one attached hydrogen (secondary N) is 1. The number of rotatable bonds is 8. The summed E-state index contributed by atoms with van der Waals surface area (Å²) in [7, 11) is 1.63. The molecule has 0 bridgehead atoms. The Morgan fingerprint density at radius 3 is 2.63 bits per heavy atom. The van der Waals surface area contributed by atoms with Gasteiger partial charge < -0.3 is 14.8 Å². The number of carbonyl (C=O) groups is 1. The normalized spacial score (nSPS) is 12.8. The number of aromatic nitrogens is 1. The summed E-state index contributed by atoms with van der Waals surface area (Å²) >= 11 is 1.46. The summed E-state index contributed by atoms with van der Waals surface area (Å²) in [6, 6.07) is 14.0. The Morgan fingerprint density at radius 2 is 1.83 bits per heavy atom. The molecule has 1 aliphatic rings. The minimum Gasteiger partial charge on any atom is -0.497 e. The lowest BCUT2D eigenvalue weighted by molar-refractivity contribution is -0.116. The number of fused-ring (bicyclic) bond motifs is 1. The zero-order chi connectivity index (χ0) is 20.8. The van der Waals surface area contributed by atoms with Crippen LogP contribution < -0.4 is 14.8 Å². The van der Waals surface area contributed by atoms with Crippen molar-refractivity contribution in [3.05, 3.63) is 59.0 Å². The number of aryl methyl sites for hydroxylation is 2. The van der Waals surface area contributed by atoms with Crippen LogP contribution in [0.25, 0.3) is 11.3 Å². The maximum atomic E-state index is 12.2. The van der Waals surface area contributed by atoms with Crippen LogP contribution in [-0.4, -0.2) is 24.6 Å². The molecule has 0 radical (unpaired) electrons. The highest BCUT2D eigenvalue weighted by Crippen LogP contribution is 2.29. The number of benzene rings is 2. The van der Waals surface area contributed by atoms with Gasteiger partial charge in [0, 0.05) is 17.4 Å². The SMILES string of the molecule is COc1ccc(OCCCC(=O)Nc2nc(-c3ccc4c(c3)CCCC4)cs2)cc1. The molecule has 0 spiro atoms. The third kappa shape index (κ3) is 5.19. The number of hydrogen-bond acceptors (Lipinski definition) is 5. The molecule has 2 aromatic carbocycles. The third-order valence-electron chi connectivity index (χ3n) is 5.27. The predicted molar refractivity (Wildman–Crippen MR) is 121 cm³/mol. The average Bonchev–Trinajstić information content (AvgIpc) is 3.25. The van der Waals surface area contributed by atoms with Crippen molar-refractivity contribution in [1.82, 2.24) is 4.98 Å². The number of nitrogens with zero attached hydrogens (tertiary/aromatic N) is 1. The van der Waals surface area contributed by atoms with E-state index in [9.17, 15) is 4.79 Å². The Kier molecular flexibility index (Phi) is 6.64. The van der Waals surface area contributed by atoms with Gasteiger partial charge in [-0.2, -0.15) is 0 Å². The van der Waals surface area contributed by atoms with Gasteiger partial charge in [-0.15, -0.1) is 11.3 Å². The highest BCUT2D eigenvalue weighted by atomic mass is 32.1. The van der Waals surface area contributed by atoms with Gasteiger partial charge in [-0.3, -0.25) is 4.79 Å². The van der Waals surface area contributed by atoms with Gasteiger partial charge in [0.1, 0.15) is 11.5 Å². The first kappa shape index (κ1) is 20.4. The highest BCUT2D eigenvalue weighted by Gasteiger charge is 2.12. The lowest BCUT2D eigenvalue weighted by atomic mass is 9.90. The monoisotopic (exact) mass is 422 g/mol. The van der Waals surface area contributed by atoms with Crippen molar-refractivity contribution in [3.8, 4) is 22.8 Å². The number of carbonyl (C=O) groups excluding carboxylic acids is 1. The Bertz CT molecular complexity index is 998. The predicted octanol–water partition coefficient (Wildman–Crippen LogP) is 5.50. The van der Waals surface area contributed by atoms with E-state index in [4.69, 9.17) is 9.47 Å². The lowest BCUT2D eigenvalue weighted by Gasteiger charge is -2.16. The second-order valence-corrected chi connectivity index (χ2v) is 8.26. The molecule has 0 saturated carbocycles. The topological polar surface area (TPSA) is 60.5 Å². The van der Waals surface area contributed by atoms with E-state index in [2.05, 4.69) is 28.5 Å². The van der Waals surface area contributed by atoms with Gasteiger partial charge >= 0.3 is 0 Å². The molecule has 1 amide bonds. The number of ether oxygens (including phenoxy) is 2. The lowest BCUT2D eigenvalue weighted by Crippen LogP contribution is -2.12. The zero-order valence-electron chi connectivity index (χ0n) is 17.1. The second-order valence-electron chi connectivity index (χ2n) is 7.40. The maximum absolute atomic E-state index is 12.2. The second kappa shape index (κ2) is 9.76. The van der Waals surface area contributed by atoms with E-state index < -0.39 is 0 Å². The van der Waals surface area contributed by atoms with Crippen molar-refractivity contribution in [2.75, 3.05) is 19.0 Å². The first-order valence-electron chi connectivity index (χ1n) is 10.4. The standard InChI is InChI=1S/C24H26N2O3S/c1-28-20-10-12-21(13-11-20)29-14-4-7-23(27)26-24-25-22(16-30-24)19-9-8-17-5-2-3-6-18(17)15-19/h8-13,15-16H,2-7,14H2,1H3,(H,25,26,27). The highest BCUT2D eigenvalue weighted by molar-refractivity contribution is 7.14. The van der Waals surface area contributed by atoms with Gasteiger partial charge in [-0.25, -0.2) is 4.98 Å². The van der Waals surface area contributed by atoms with Crippen LogP contribution in [-0.2, 0) is 17.6 Å². The fourth-order valence-electron chi connectivity index (χ4n) is 3.63. The fourth-order valence-corrected chi connectivity index (χ4v) is 4.37. The number of hydrogen-bond donors (Lipinski definition) is 1. The summed E-state index contributed by atoms with van der Waals surface area (Å²) in [6.07, 6.45) is 5.90. The number of anilines is 1. The first-order chi connectivity index (χ1) is 14.7. The molecule has 156 valence electrons. The van der Waals surface area contributed by atoms with E-state index >= 15 is 0 Å². The Labute approximate surface area is 181 Å². The van der Waals surface area contributed by atoms with Crippen LogP contribution in [0.3, 0.4) is 0 Å². The van der Waals surface area contributed by atoms with E-state index in [-0.39, 0.29) is 5.91 Å². The maximum Gasteiger partial charge on any atom is 0.226 e. The Hall–Kier alpha value is -2.86. The van der Waals surface area contributed by atoms with E-state index in [1.165, 1.54) is 41.7 Å². The summed E-state index contributed by atoms with van der Waals surface area (Å²) in [5.41, 5.74) is 4.95. The quantitative estimate of drug-likeness (QED) is 0.487. The summed E-state index contributed by atoms with van der Waals surface area (Å²) < 4.78 is 10.8. The van der Waals surface area contributed by atoms with Gasteiger partial charge in [0.05, 0.1) is 19.4 Å². The molecule has 1 N–H and O–H groups in total. The summed E-state index contributed by atoms with van der Waals surface area (Å²) in [5, 5.41) is 5.55. The minimum atomic E-state index is -0.0420. The zero-order valence-corrected chi connectivity index (χ0v) is 18.0. The number of amides is 1. The molecule has 0 saturated heterocycles. The number of thiazole rings is 1. The van der Waals surface area contributed by atoms with Crippen LogP contribution in [0.1, 0.15) is 36.8 Å². The molecular weight excluding hydrogens is 396 g/mol. The molecule has 5 nitrogen and oxygen atoms in total. The first-order valence-corrected chi connectivity index (χ1v) is 11.2. The van der Waals surface area contributed by atoms with Crippen LogP contribution in [0.2, 0.25) is 0 Å². The Morgan fingerprint density at radius 1 is 1.07 bits per heavy atom. The minimum absolute atomic E-state index is 0.0420. The van der Waals surface area contributed by atoms with Gasteiger partial charge in [0.15, 0.2) is 5.13 Å². The van der Waals surface area contributed by atoms with Crippen LogP contribution in [0.15, 0.2) is 47.8 Å².